The lowest BCUT2D eigenvalue weighted by Crippen LogP contribution is -2.15. The van der Waals surface area contributed by atoms with E-state index >= 15 is 0 Å². The van der Waals surface area contributed by atoms with Gasteiger partial charge in [0.2, 0.25) is 0 Å². The van der Waals surface area contributed by atoms with Crippen molar-refractivity contribution in [1.82, 2.24) is 14.4 Å². The molecule has 1 N–H and O–H groups in total. The number of nitrogens with one attached hydrogen (secondary N) is 1. The average molecular weight is 336 g/mol. The lowest BCUT2D eigenvalue weighted by Gasteiger charge is -2.19. The Balaban J connectivity index is 1.69. The predicted molar refractivity (Wildman–Crippen MR) is 95.4 cm³/mol. The van der Waals surface area contributed by atoms with Gasteiger partial charge in [-0.3, -0.25) is 9.20 Å². The Morgan fingerprint density at radius 2 is 2.08 bits per heavy atom. The number of amides is 1. The molecule has 0 saturated heterocycles. The highest BCUT2D eigenvalue weighted by Gasteiger charge is 2.18. The van der Waals surface area contributed by atoms with Crippen molar-refractivity contribution >= 4 is 17.2 Å². The second-order valence-corrected chi connectivity index (χ2v) is 6.42. The van der Waals surface area contributed by atoms with E-state index in [4.69, 9.17) is 4.74 Å². The van der Waals surface area contributed by atoms with Crippen LogP contribution in [-0.4, -0.2) is 26.9 Å². The summed E-state index contributed by atoms with van der Waals surface area (Å²) in [4.78, 5) is 21.5. The number of nitrogens with zero attached hydrogens (tertiary/aromatic N) is 3. The molecule has 3 heterocycles. The topological polar surface area (TPSA) is 68.5 Å². The molecule has 4 rings (SSSR count). The zero-order chi connectivity index (χ0) is 17.6. The highest BCUT2D eigenvalue weighted by atomic mass is 16.5. The van der Waals surface area contributed by atoms with Crippen molar-refractivity contribution in [2.45, 2.75) is 33.6 Å². The number of carbonyl (C=O) groups is 1. The van der Waals surface area contributed by atoms with Crippen molar-refractivity contribution in [2.75, 3.05) is 11.9 Å². The fourth-order valence-electron chi connectivity index (χ4n) is 3.29. The Hall–Kier alpha value is -2.89. The fourth-order valence-corrected chi connectivity index (χ4v) is 3.29. The van der Waals surface area contributed by atoms with Crippen LogP contribution in [0.4, 0.5) is 5.69 Å². The minimum Gasteiger partial charge on any atom is -0.493 e. The molecule has 1 aromatic carbocycles. The van der Waals surface area contributed by atoms with E-state index in [2.05, 4.69) is 21.4 Å². The van der Waals surface area contributed by atoms with Gasteiger partial charge in [-0.2, -0.15) is 0 Å². The maximum Gasteiger partial charge on any atom is 0.259 e. The third-order valence-corrected chi connectivity index (χ3v) is 4.55. The molecular weight excluding hydrogens is 316 g/mol. The monoisotopic (exact) mass is 336 g/mol. The number of benzene rings is 1. The van der Waals surface area contributed by atoms with Gasteiger partial charge in [0.1, 0.15) is 17.4 Å². The van der Waals surface area contributed by atoms with Crippen molar-refractivity contribution in [3.63, 3.8) is 0 Å². The molecule has 6 nitrogen and oxygen atoms in total. The van der Waals surface area contributed by atoms with E-state index in [0.717, 1.165) is 42.3 Å². The summed E-state index contributed by atoms with van der Waals surface area (Å²) in [6.07, 6.45) is 3.87. The first-order valence-electron chi connectivity index (χ1n) is 8.43. The molecule has 128 valence electrons. The molecule has 0 aliphatic carbocycles. The van der Waals surface area contributed by atoms with Crippen LogP contribution < -0.4 is 10.1 Å². The molecule has 0 spiro atoms. The molecule has 0 bridgehead atoms. The largest absolute Gasteiger partial charge is 0.493 e. The lowest BCUT2D eigenvalue weighted by molar-refractivity contribution is 0.102. The van der Waals surface area contributed by atoms with Gasteiger partial charge in [-0.05, 0) is 50.8 Å². The zero-order valence-corrected chi connectivity index (χ0v) is 14.6. The summed E-state index contributed by atoms with van der Waals surface area (Å²) in [6.45, 7) is 6.45. The first-order valence-corrected chi connectivity index (χ1v) is 8.43. The fraction of sp³-hybridized carbons (Fsp3) is 0.316. The minimum atomic E-state index is -0.182. The average Bonchev–Trinajstić information content (AvgIpc) is 2.99. The first-order chi connectivity index (χ1) is 12.0. The summed E-state index contributed by atoms with van der Waals surface area (Å²) in [5, 5.41) is 3.00. The van der Waals surface area contributed by atoms with E-state index in [-0.39, 0.29) is 5.91 Å². The number of anilines is 1. The number of rotatable bonds is 2. The highest BCUT2D eigenvalue weighted by Crippen LogP contribution is 2.31. The predicted octanol–water partition coefficient (Wildman–Crippen LogP) is 3.23. The maximum absolute atomic E-state index is 12.8. The van der Waals surface area contributed by atoms with Gasteiger partial charge < -0.3 is 10.1 Å². The number of ether oxygens (including phenoxy) is 1. The van der Waals surface area contributed by atoms with Crippen LogP contribution in [0.3, 0.4) is 0 Å². The van der Waals surface area contributed by atoms with E-state index < -0.39 is 0 Å². The number of aromatic nitrogens is 3. The molecule has 0 saturated carbocycles. The van der Waals surface area contributed by atoms with Crippen LogP contribution in [0.2, 0.25) is 0 Å². The Labute approximate surface area is 145 Å². The van der Waals surface area contributed by atoms with Crippen LogP contribution in [0.25, 0.3) is 5.65 Å². The lowest BCUT2D eigenvalue weighted by atomic mass is 10.0. The molecule has 0 atom stereocenters. The molecule has 25 heavy (non-hydrogen) atoms. The smallest absolute Gasteiger partial charge is 0.259 e. The van der Waals surface area contributed by atoms with Gasteiger partial charge in [0, 0.05) is 18.0 Å². The summed E-state index contributed by atoms with van der Waals surface area (Å²) < 4.78 is 7.54. The highest BCUT2D eigenvalue weighted by molar-refractivity contribution is 6.08. The van der Waals surface area contributed by atoms with E-state index in [9.17, 15) is 4.79 Å². The third kappa shape index (κ3) is 2.73. The third-order valence-electron chi connectivity index (χ3n) is 4.55. The van der Waals surface area contributed by atoms with E-state index in [0.29, 0.717) is 17.0 Å². The van der Waals surface area contributed by atoms with Gasteiger partial charge in [-0.1, -0.05) is 6.07 Å². The summed E-state index contributed by atoms with van der Waals surface area (Å²) in [5.41, 5.74) is 4.16. The molecule has 1 aliphatic rings. The van der Waals surface area contributed by atoms with Crippen molar-refractivity contribution < 1.29 is 9.53 Å². The van der Waals surface area contributed by atoms with E-state index in [1.54, 1.807) is 6.07 Å². The van der Waals surface area contributed by atoms with Crippen molar-refractivity contribution in [1.29, 1.82) is 0 Å². The second kappa shape index (κ2) is 5.88. The Kier molecular flexibility index (Phi) is 3.67. The standard InChI is InChI=1S/C19H20N4O2/c1-11-9-14-5-4-8-25-17(14)10-16(11)22-19(24)15-6-7-23-13(3)20-12(2)21-18(15)23/h6-7,9-10H,4-5,8H2,1-3H3,(H,22,24). The van der Waals surface area contributed by atoms with Crippen LogP contribution in [0.15, 0.2) is 24.4 Å². The second-order valence-electron chi connectivity index (χ2n) is 6.42. The maximum atomic E-state index is 12.8. The van der Waals surface area contributed by atoms with Crippen molar-refractivity contribution in [3.8, 4) is 5.75 Å². The normalized spacial score (nSPS) is 13.4. The van der Waals surface area contributed by atoms with Crippen LogP contribution in [0, 0.1) is 20.8 Å². The van der Waals surface area contributed by atoms with E-state index in [1.807, 2.05) is 37.4 Å². The summed E-state index contributed by atoms with van der Waals surface area (Å²) in [5.74, 6) is 2.14. The molecule has 0 fully saturated rings. The molecule has 2 aromatic heterocycles. The quantitative estimate of drug-likeness (QED) is 0.780. The zero-order valence-electron chi connectivity index (χ0n) is 14.6. The van der Waals surface area contributed by atoms with Crippen molar-refractivity contribution in [3.05, 3.63) is 52.7 Å². The Bertz CT molecular complexity index is 991. The molecular formula is C19H20N4O2. The van der Waals surface area contributed by atoms with Crippen LogP contribution >= 0.6 is 0 Å². The van der Waals surface area contributed by atoms with Gasteiger partial charge in [0.25, 0.3) is 5.91 Å². The van der Waals surface area contributed by atoms with E-state index in [1.165, 1.54) is 5.56 Å². The number of carbonyl (C=O) groups excluding carboxylic acids is 1. The van der Waals surface area contributed by atoms with Crippen molar-refractivity contribution in [2.24, 2.45) is 0 Å². The number of hydrogen-bond donors (Lipinski definition) is 1. The molecule has 1 amide bonds. The number of hydrogen-bond acceptors (Lipinski definition) is 4. The summed E-state index contributed by atoms with van der Waals surface area (Å²) >= 11 is 0. The van der Waals surface area contributed by atoms with Gasteiger partial charge in [0.15, 0.2) is 5.65 Å². The number of fused-ring (bicyclic) bond motifs is 2. The van der Waals surface area contributed by atoms with Gasteiger partial charge in [-0.15, -0.1) is 0 Å². The van der Waals surface area contributed by atoms with Crippen LogP contribution in [-0.2, 0) is 6.42 Å². The summed E-state index contributed by atoms with van der Waals surface area (Å²) in [6, 6.07) is 5.79. The summed E-state index contributed by atoms with van der Waals surface area (Å²) in [7, 11) is 0. The Morgan fingerprint density at radius 1 is 1.24 bits per heavy atom. The molecule has 0 radical (unpaired) electrons. The van der Waals surface area contributed by atoms with Gasteiger partial charge in [-0.25, -0.2) is 9.97 Å². The Morgan fingerprint density at radius 3 is 2.92 bits per heavy atom. The molecule has 1 aliphatic heterocycles. The van der Waals surface area contributed by atoms with Gasteiger partial charge >= 0.3 is 0 Å². The molecule has 6 heteroatoms. The first kappa shape index (κ1) is 15.6. The van der Waals surface area contributed by atoms with Crippen LogP contribution in [0.5, 0.6) is 5.75 Å². The molecule has 3 aromatic rings. The van der Waals surface area contributed by atoms with Gasteiger partial charge in [0.05, 0.1) is 12.2 Å². The molecule has 0 unspecified atom stereocenters. The minimum absolute atomic E-state index is 0.182. The SMILES string of the molecule is Cc1nc(C)n2ccc(C(=O)Nc3cc4c(cc3C)CCCO4)c2n1. The number of aryl methyl sites for hydroxylation is 4. The van der Waals surface area contributed by atoms with Crippen LogP contribution in [0.1, 0.15) is 39.6 Å².